The van der Waals surface area contributed by atoms with Gasteiger partial charge in [-0.2, -0.15) is 0 Å². The van der Waals surface area contributed by atoms with Gasteiger partial charge in [0.25, 0.3) is 0 Å². The van der Waals surface area contributed by atoms with Gasteiger partial charge in [-0.25, -0.2) is 0 Å². The zero-order valence-electron chi connectivity index (χ0n) is 16.7. The van der Waals surface area contributed by atoms with Crippen molar-refractivity contribution in [3.8, 4) is 11.1 Å². The first-order valence-corrected chi connectivity index (χ1v) is 10.6. The van der Waals surface area contributed by atoms with E-state index in [0.29, 0.717) is 16.8 Å². The molecule has 2 aromatic carbocycles. The van der Waals surface area contributed by atoms with Gasteiger partial charge in [-0.1, -0.05) is 42.5 Å². The number of anilines is 1. The summed E-state index contributed by atoms with van der Waals surface area (Å²) in [6, 6.07) is 12.6. The fourth-order valence-electron chi connectivity index (χ4n) is 5.74. The van der Waals surface area contributed by atoms with Crippen LogP contribution in [0.5, 0.6) is 0 Å². The van der Waals surface area contributed by atoms with Gasteiger partial charge < -0.3 is 5.32 Å². The number of benzene rings is 2. The van der Waals surface area contributed by atoms with Crippen molar-refractivity contribution in [1.29, 1.82) is 0 Å². The highest BCUT2D eigenvalue weighted by atomic mass is 16.2. The molecule has 1 N–H and O–H groups in total. The Balaban J connectivity index is 1.20. The van der Waals surface area contributed by atoms with E-state index in [1.807, 2.05) is 24.3 Å². The first kappa shape index (κ1) is 18.2. The first-order chi connectivity index (χ1) is 15.0. The number of ketones is 1. The molecule has 2 bridgehead atoms. The van der Waals surface area contributed by atoms with E-state index < -0.39 is 5.91 Å². The van der Waals surface area contributed by atoms with Crippen LogP contribution in [0.15, 0.2) is 54.6 Å². The van der Waals surface area contributed by atoms with Crippen LogP contribution in [0.25, 0.3) is 11.1 Å². The molecular formula is C25H20N2O4. The van der Waals surface area contributed by atoms with E-state index >= 15 is 0 Å². The second-order valence-electron chi connectivity index (χ2n) is 8.79. The monoisotopic (exact) mass is 412 g/mol. The molecule has 1 heterocycles. The quantitative estimate of drug-likeness (QED) is 0.529. The fraction of sp³-hybridized carbons (Fsp3) is 0.280. The van der Waals surface area contributed by atoms with Crippen LogP contribution in [0.3, 0.4) is 0 Å². The highest BCUT2D eigenvalue weighted by Gasteiger charge is 2.56. The number of rotatable bonds is 3. The SMILES string of the molecule is O=C(CN1C(=O)[C@@H]2[C@@H](C1=O)[C@H]1C=C[C@H]2CC1)Nc1ccc2c(c1)C(=O)c1ccccc1-2. The Morgan fingerprint density at radius 2 is 1.45 bits per heavy atom. The Morgan fingerprint density at radius 3 is 2.10 bits per heavy atom. The summed E-state index contributed by atoms with van der Waals surface area (Å²) < 4.78 is 0. The van der Waals surface area contributed by atoms with Crippen molar-refractivity contribution in [2.45, 2.75) is 12.8 Å². The zero-order valence-corrected chi connectivity index (χ0v) is 16.7. The average Bonchev–Trinajstić information content (AvgIpc) is 3.22. The highest BCUT2D eigenvalue weighted by molar-refractivity contribution is 6.22. The Kier molecular flexibility index (Phi) is 3.81. The lowest BCUT2D eigenvalue weighted by molar-refractivity contribution is -0.142. The summed E-state index contributed by atoms with van der Waals surface area (Å²) in [6.45, 7) is -0.296. The summed E-state index contributed by atoms with van der Waals surface area (Å²) in [6.07, 6.45) is 5.97. The van der Waals surface area contributed by atoms with Crippen LogP contribution in [-0.4, -0.2) is 34.9 Å². The number of amides is 3. The molecule has 2 fully saturated rings. The molecule has 31 heavy (non-hydrogen) atoms. The van der Waals surface area contributed by atoms with Crippen LogP contribution in [0.1, 0.15) is 28.8 Å². The van der Waals surface area contributed by atoms with E-state index in [4.69, 9.17) is 0 Å². The second-order valence-corrected chi connectivity index (χ2v) is 8.79. The molecule has 1 saturated carbocycles. The standard InChI is InChI=1S/C25H20N2O4/c28-20(12-27-24(30)21-13-5-6-14(8-7-13)22(21)25(27)31)26-15-9-10-17-16-3-1-2-4-18(16)23(29)19(17)11-15/h1-6,9-11,13-14,21-22H,7-8,12H2,(H,26,28)/t13-,14-,21-,22-/m0/s1. The summed E-state index contributed by atoms with van der Waals surface area (Å²) >= 11 is 0. The molecule has 154 valence electrons. The number of likely N-dealkylation sites (tertiary alicyclic amines) is 1. The van der Waals surface area contributed by atoms with Gasteiger partial charge in [0.05, 0.1) is 11.8 Å². The number of carbonyl (C=O) groups is 4. The van der Waals surface area contributed by atoms with E-state index in [9.17, 15) is 19.2 Å². The molecule has 0 unspecified atom stereocenters. The molecule has 3 amide bonds. The molecule has 6 heteroatoms. The number of nitrogens with zero attached hydrogens (tertiary/aromatic N) is 1. The lowest BCUT2D eigenvalue weighted by atomic mass is 9.63. The zero-order chi connectivity index (χ0) is 21.3. The summed E-state index contributed by atoms with van der Waals surface area (Å²) in [5, 5.41) is 2.75. The van der Waals surface area contributed by atoms with Crippen LogP contribution in [0.2, 0.25) is 0 Å². The normalized spacial score (nSPS) is 27.4. The molecule has 4 atom stereocenters. The van der Waals surface area contributed by atoms with Crippen molar-refractivity contribution in [2.24, 2.45) is 23.7 Å². The Morgan fingerprint density at radius 1 is 0.839 bits per heavy atom. The average molecular weight is 412 g/mol. The summed E-state index contributed by atoms with van der Waals surface area (Å²) in [5.41, 5.74) is 3.40. The first-order valence-electron chi connectivity index (χ1n) is 10.6. The van der Waals surface area contributed by atoms with Gasteiger partial charge in [0.1, 0.15) is 6.54 Å². The number of fused-ring (bicyclic) bond motifs is 4. The molecule has 0 aromatic heterocycles. The van der Waals surface area contributed by atoms with Crippen molar-refractivity contribution in [1.82, 2.24) is 4.90 Å². The highest BCUT2D eigenvalue weighted by Crippen LogP contribution is 2.49. The van der Waals surface area contributed by atoms with Gasteiger partial charge in [0.15, 0.2) is 5.78 Å². The smallest absolute Gasteiger partial charge is 0.244 e. The van der Waals surface area contributed by atoms with Crippen molar-refractivity contribution in [3.05, 3.63) is 65.7 Å². The third kappa shape index (κ3) is 2.57. The topological polar surface area (TPSA) is 83.6 Å². The molecule has 5 aliphatic rings. The fourth-order valence-corrected chi connectivity index (χ4v) is 5.74. The minimum Gasteiger partial charge on any atom is -0.325 e. The Labute approximate surface area is 178 Å². The minimum atomic E-state index is -0.441. The maximum Gasteiger partial charge on any atom is 0.244 e. The number of allylic oxidation sites excluding steroid dienone is 2. The number of hydrogen-bond acceptors (Lipinski definition) is 4. The summed E-state index contributed by atoms with van der Waals surface area (Å²) in [5.74, 6) is -1.41. The van der Waals surface area contributed by atoms with Crippen LogP contribution in [-0.2, 0) is 14.4 Å². The minimum absolute atomic E-state index is 0.0707. The molecule has 1 saturated heterocycles. The number of imide groups is 1. The Bertz CT molecular complexity index is 1180. The van der Waals surface area contributed by atoms with Gasteiger partial charge >= 0.3 is 0 Å². The number of hydrogen-bond donors (Lipinski definition) is 1. The lowest BCUT2D eigenvalue weighted by Gasteiger charge is -2.38. The van der Waals surface area contributed by atoms with Crippen LogP contribution >= 0.6 is 0 Å². The maximum atomic E-state index is 12.9. The number of nitrogens with one attached hydrogen (secondary N) is 1. The lowest BCUT2D eigenvalue weighted by Crippen LogP contribution is -2.38. The van der Waals surface area contributed by atoms with Crippen molar-refractivity contribution >= 4 is 29.2 Å². The second kappa shape index (κ2) is 6.48. The number of carbonyl (C=O) groups excluding carboxylic acids is 4. The molecule has 6 nitrogen and oxygen atoms in total. The van der Waals surface area contributed by atoms with E-state index in [0.717, 1.165) is 28.9 Å². The summed E-state index contributed by atoms with van der Waals surface area (Å²) in [7, 11) is 0. The van der Waals surface area contributed by atoms with Gasteiger partial charge in [0, 0.05) is 16.8 Å². The predicted molar refractivity (Wildman–Crippen MR) is 113 cm³/mol. The van der Waals surface area contributed by atoms with Crippen molar-refractivity contribution in [2.75, 3.05) is 11.9 Å². The largest absolute Gasteiger partial charge is 0.325 e. The molecule has 7 rings (SSSR count). The van der Waals surface area contributed by atoms with Crippen LogP contribution < -0.4 is 5.32 Å². The van der Waals surface area contributed by atoms with Crippen molar-refractivity contribution in [3.63, 3.8) is 0 Å². The van der Waals surface area contributed by atoms with Gasteiger partial charge in [-0.15, -0.1) is 0 Å². The van der Waals surface area contributed by atoms with E-state index in [-0.39, 0.29) is 47.8 Å². The van der Waals surface area contributed by atoms with Gasteiger partial charge in [0.2, 0.25) is 17.7 Å². The third-order valence-corrected chi connectivity index (χ3v) is 7.16. The van der Waals surface area contributed by atoms with Crippen LogP contribution in [0.4, 0.5) is 5.69 Å². The van der Waals surface area contributed by atoms with Gasteiger partial charge in [-0.3, -0.25) is 24.1 Å². The van der Waals surface area contributed by atoms with Gasteiger partial charge in [-0.05, 0) is 47.9 Å². The van der Waals surface area contributed by atoms with E-state index in [2.05, 4.69) is 17.5 Å². The molecular weight excluding hydrogens is 392 g/mol. The van der Waals surface area contributed by atoms with Crippen LogP contribution in [0, 0.1) is 23.7 Å². The molecule has 0 radical (unpaired) electrons. The molecule has 4 aliphatic carbocycles. The van der Waals surface area contributed by atoms with Crippen molar-refractivity contribution < 1.29 is 19.2 Å². The van der Waals surface area contributed by atoms with E-state index in [1.54, 1.807) is 18.2 Å². The molecule has 2 aromatic rings. The predicted octanol–water partition coefficient (Wildman–Crippen LogP) is 3.03. The third-order valence-electron chi connectivity index (χ3n) is 7.16. The molecule has 1 aliphatic heterocycles. The Hall–Kier alpha value is -3.54. The van der Waals surface area contributed by atoms with E-state index in [1.165, 1.54) is 0 Å². The maximum absolute atomic E-state index is 12.9. The summed E-state index contributed by atoms with van der Waals surface area (Å²) in [4.78, 5) is 52.3. The molecule has 0 spiro atoms.